The second-order valence-corrected chi connectivity index (χ2v) is 6.77. The lowest BCUT2D eigenvalue weighted by Crippen LogP contribution is -2.27. The first-order valence-electron chi connectivity index (χ1n) is 8.99. The Labute approximate surface area is 158 Å². The number of hydrogen-bond donors (Lipinski definition) is 1. The van der Waals surface area contributed by atoms with Crippen LogP contribution in [0, 0.1) is 19.7 Å². The van der Waals surface area contributed by atoms with Crippen LogP contribution in [0.15, 0.2) is 53.1 Å². The first-order valence-corrected chi connectivity index (χ1v) is 8.99. The maximum Gasteiger partial charge on any atom is 0.220 e. The molecule has 3 rings (SSSR count). The van der Waals surface area contributed by atoms with Crippen LogP contribution in [-0.2, 0) is 11.2 Å². The monoisotopic (exact) mass is 366 g/mol. The molecule has 0 saturated heterocycles. The summed E-state index contributed by atoms with van der Waals surface area (Å²) in [5.41, 5.74) is 4.20. The molecule has 27 heavy (non-hydrogen) atoms. The molecule has 0 bridgehead atoms. The maximum atomic E-state index is 13.0. The molecule has 2 aromatic carbocycles. The number of carbonyl (C=O) groups excluding carboxylic acids is 1. The van der Waals surface area contributed by atoms with Gasteiger partial charge in [0.1, 0.15) is 5.82 Å². The Morgan fingerprint density at radius 3 is 2.67 bits per heavy atom. The van der Waals surface area contributed by atoms with Crippen LogP contribution in [0.4, 0.5) is 4.39 Å². The molecule has 4 nitrogen and oxygen atoms in total. The number of nitrogens with zero attached hydrogens (tertiary/aromatic N) is 1. The largest absolute Gasteiger partial charge is 0.441 e. The minimum Gasteiger partial charge on any atom is -0.441 e. The number of aromatic nitrogens is 1. The third-order valence-electron chi connectivity index (χ3n) is 4.53. The predicted octanol–water partition coefficient (Wildman–Crippen LogP) is 4.91. The van der Waals surface area contributed by atoms with Gasteiger partial charge in [-0.05, 0) is 56.2 Å². The van der Waals surface area contributed by atoms with Crippen LogP contribution in [0.3, 0.4) is 0 Å². The molecule has 0 radical (unpaired) electrons. The van der Waals surface area contributed by atoms with Gasteiger partial charge < -0.3 is 9.73 Å². The van der Waals surface area contributed by atoms with E-state index < -0.39 is 0 Å². The smallest absolute Gasteiger partial charge is 0.220 e. The fraction of sp³-hybridized carbons (Fsp3) is 0.273. The van der Waals surface area contributed by atoms with E-state index in [0.717, 1.165) is 16.7 Å². The van der Waals surface area contributed by atoms with Crippen LogP contribution in [0.25, 0.3) is 11.3 Å². The Balaban J connectivity index is 1.56. The van der Waals surface area contributed by atoms with Crippen molar-refractivity contribution in [1.29, 1.82) is 0 Å². The normalized spacial score (nSPS) is 12.0. The van der Waals surface area contributed by atoms with Crippen LogP contribution in [0.1, 0.15) is 42.0 Å². The number of hydrogen-bond acceptors (Lipinski definition) is 3. The third kappa shape index (κ3) is 4.82. The van der Waals surface area contributed by atoms with Crippen LogP contribution < -0.4 is 5.32 Å². The lowest BCUT2D eigenvalue weighted by Gasteiger charge is -2.17. The molecule has 0 saturated carbocycles. The van der Waals surface area contributed by atoms with Crippen molar-refractivity contribution in [2.24, 2.45) is 0 Å². The van der Waals surface area contributed by atoms with Gasteiger partial charge in [0.25, 0.3) is 0 Å². The second kappa shape index (κ2) is 8.16. The van der Waals surface area contributed by atoms with E-state index in [2.05, 4.69) is 28.5 Å². The zero-order valence-corrected chi connectivity index (χ0v) is 15.8. The third-order valence-corrected chi connectivity index (χ3v) is 4.53. The molecule has 1 heterocycles. The minimum atomic E-state index is -0.298. The number of carbonyl (C=O) groups is 1. The molecule has 0 fully saturated rings. The van der Waals surface area contributed by atoms with E-state index in [-0.39, 0.29) is 17.8 Å². The van der Waals surface area contributed by atoms with Crippen molar-refractivity contribution >= 4 is 5.91 Å². The number of oxazole rings is 1. The molecule has 140 valence electrons. The van der Waals surface area contributed by atoms with E-state index in [1.807, 2.05) is 20.8 Å². The SMILES string of the molecule is Cc1ccc(C)c(C(C)NC(=O)CCc2ncc(-c3ccc(F)cc3)o2)c1. The van der Waals surface area contributed by atoms with E-state index in [4.69, 9.17) is 4.42 Å². The van der Waals surface area contributed by atoms with Crippen LogP contribution in [0.2, 0.25) is 0 Å². The summed E-state index contributed by atoms with van der Waals surface area (Å²) >= 11 is 0. The van der Waals surface area contributed by atoms with E-state index in [9.17, 15) is 9.18 Å². The van der Waals surface area contributed by atoms with E-state index in [1.165, 1.54) is 17.7 Å². The van der Waals surface area contributed by atoms with Crippen LogP contribution in [-0.4, -0.2) is 10.9 Å². The molecule has 0 aliphatic carbocycles. The first-order chi connectivity index (χ1) is 12.9. The Morgan fingerprint density at radius 2 is 1.93 bits per heavy atom. The molecule has 1 amide bonds. The quantitative estimate of drug-likeness (QED) is 0.674. The highest BCUT2D eigenvalue weighted by molar-refractivity contribution is 5.76. The topological polar surface area (TPSA) is 55.1 Å². The van der Waals surface area contributed by atoms with Crippen molar-refractivity contribution in [2.75, 3.05) is 0 Å². The predicted molar refractivity (Wildman–Crippen MR) is 103 cm³/mol. The van der Waals surface area contributed by atoms with E-state index in [0.29, 0.717) is 24.5 Å². The van der Waals surface area contributed by atoms with Gasteiger partial charge in [0.05, 0.1) is 12.2 Å². The molecule has 1 aromatic heterocycles. The van der Waals surface area contributed by atoms with Gasteiger partial charge in [0.15, 0.2) is 11.7 Å². The second-order valence-electron chi connectivity index (χ2n) is 6.77. The molecule has 1 N–H and O–H groups in total. The van der Waals surface area contributed by atoms with Gasteiger partial charge >= 0.3 is 0 Å². The summed E-state index contributed by atoms with van der Waals surface area (Å²) < 4.78 is 18.7. The van der Waals surface area contributed by atoms with E-state index in [1.54, 1.807) is 18.3 Å². The van der Waals surface area contributed by atoms with Crippen molar-refractivity contribution in [3.63, 3.8) is 0 Å². The summed E-state index contributed by atoms with van der Waals surface area (Å²) in [5, 5.41) is 3.03. The van der Waals surface area contributed by atoms with Crippen LogP contribution >= 0.6 is 0 Å². The van der Waals surface area contributed by atoms with E-state index >= 15 is 0 Å². The number of benzene rings is 2. The molecule has 3 aromatic rings. The summed E-state index contributed by atoms with van der Waals surface area (Å²) in [6, 6.07) is 12.2. The standard InChI is InChI=1S/C22H23FN2O2/c1-14-4-5-15(2)19(12-14)16(3)25-21(26)10-11-22-24-13-20(27-22)17-6-8-18(23)9-7-17/h4-9,12-13,16H,10-11H2,1-3H3,(H,25,26). The molecule has 5 heteroatoms. The van der Waals surface area contributed by atoms with Gasteiger partial charge in [0, 0.05) is 18.4 Å². The zero-order chi connectivity index (χ0) is 19.4. The maximum absolute atomic E-state index is 13.0. The summed E-state index contributed by atoms with van der Waals surface area (Å²) in [6.07, 6.45) is 2.30. The van der Waals surface area contributed by atoms with Crippen molar-refractivity contribution in [2.45, 2.75) is 39.7 Å². The molecule has 1 unspecified atom stereocenters. The Kier molecular flexibility index (Phi) is 5.69. The van der Waals surface area contributed by atoms with Gasteiger partial charge in [-0.3, -0.25) is 4.79 Å². The summed E-state index contributed by atoms with van der Waals surface area (Å²) in [6.45, 7) is 6.07. The average Bonchev–Trinajstić information content (AvgIpc) is 3.11. The van der Waals surface area contributed by atoms with Gasteiger partial charge in [-0.1, -0.05) is 23.8 Å². The number of halogens is 1. The lowest BCUT2D eigenvalue weighted by molar-refractivity contribution is -0.121. The fourth-order valence-electron chi connectivity index (χ4n) is 3.01. The number of aryl methyl sites for hydroxylation is 3. The minimum absolute atomic E-state index is 0.0510. The van der Waals surface area contributed by atoms with Crippen molar-refractivity contribution < 1.29 is 13.6 Å². The number of rotatable bonds is 6. The fourth-order valence-corrected chi connectivity index (χ4v) is 3.01. The van der Waals surface area contributed by atoms with Crippen LogP contribution in [0.5, 0.6) is 0 Å². The summed E-state index contributed by atoms with van der Waals surface area (Å²) in [7, 11) is 0. The molecule has 1 atom stereocenters. The average molecular weight is 366 g/mol. The Hall–Kier alpha value is -2.95. The highest BCUT2D eigenvalue weighted by Crippen LogP contribution is 2.22. The number of nitrogens with one attached hydrogen (secondary N) is 1. The van der Waals surface area contributed by atoms with Crippen molar-refractivity contribution in [3.05, 3.63) is 77.1 Å². The Bertz CT molecular complexity index is 932. The lowest BCUT2D eigenvalue weighted by atomic mass is 10.00. The van der Waals surface area contributed by atoms with Gasteiger partial charge in [-0.25, -0.2) is 9.37 Å². The molecule has 0 aliphatic heterocycles. The van der Waals surface area contributed by atoms with Crippen molar-refractivity contribution in [1.82, 2.24) is 10.3 Å². The van der Waals surface area contributed by atoms with Gasteiger partial charge in [-0.15, -0.1) is 0 Å². The molecule has 0 aliphatic rings. The highest BCUT2D eigenvalue weighted by atomic mass is 19.1. The first kappa shape index (κ1) is 18.8. The number of amides is 1. The van der Waals surface area contributed by atoms with Gasteiger partial charge in [0.2, 0.25) is 5.91 Å². The summed E-state index contributed by atoms with van der Waals surface area (Å²) in [5.74, 6) is 0.705. The van der Waals surface area contributed by atoms with Crippen molar-refractivity contribution in [3.8, 4) is 11.3 Å². The van der Waals surface area contributed by atoms with Gasteiger partial charge in [-0.2, -0.15) is 0 Å². The molecular weight excluding hydrogens is 343 g/mol. The molecule has 0 spiro atoms. The summed E-state index contributed by atoms with van der Waals surface area (Å²) in [4.78, 5) is 16.5. The zero-order valence-electron chi connectivity index (χ0n) is 15.8. The highest BCUT2D eigenvalue weighted by Gasteiger charge is 2.14. The Morgan fingerprint density at radius 1 is 1.19 bits per heavy atom. The molecular formula is C22H23FN2O2.